The van der Waals surface area contributed by atoms with E-state index in [-0.39, 0.29) is 22.1 Å². The molecule has 8 nitrogen and oxygen atoms in total. The van der Waals surface area contributed by atoms with Crippen LogP contribution in [-0.2, 0) is 34.2 Å². The van der Waals surface area contributed by atoms with Crippen LogP contribution in [0.1, 0.15) is 49.6 Å². The number of carbonyl (C=O) groups is 1. The van der Waals surface area contributed by atoms with Gasteiger partial charge in [-0.1, -0.05) is 38.6 Å². The largest absolute Gasteiger partial charge is 0.325 e. The van der Waals surface area contributed by atoms with Gasteiger partial charge >= 0.3 is 0 Å². The first kappa shape index (κ1) is 26.8. The molecule has 1 aliphatic carbocycles. The van der Waals surface area contributed by atoms with Crippen molar-refractivity contribution in [3.05, 3.63) is 44.6 Å². The van der Waals surface area contributed by atoms with Crippen LogP contribution >= 0.6 is 23.1 Å². The van der Waals surface area contributed by atoms with E-state index in [1.807, 2.05) is 6.92 Å². The molecular formula is C25H32N4O4S3. The van der Waals surface area contributed by atoms with Gasteiger partial charge in [-0.25, -0.2) is 13.4 Å². The topological polar surface area (TPSA) is 101 Å². The number of carbonyl (C=O) groups excluding carboxylic acids is 1. The molecule has 0 fully saturated rings. The zero-order valence-corrected chi connectivity index (χ0v) is 23.5. The third-order valence-corrected chi connectivity index (χ3v) is 10.7. The van der Waals surface area contributed by atoms with Crippen LogP contribution < -0.4 is 10.9 Å². The van der Waals surface area contributed by atoms with E-state index in [9.17, 15) is 18.0 Å². The van der Waals surface area contributed by atoms with E-state index >= 15 is 0 Å². The molecule has 11 heteroatoms. The fraction of sp³-hybridized carbons (Fsp3) is 0.480. The number of aromatic nitrogens is 2. The van der Waals surface area contributed by atoms with Crippen molar-refractivity contribution in [2.75, 3.05) is 24.2 Å². The molecule has 2 aromatic heterocycles. The summed E-state index contributed by atoms with van der Waals surface area (Å²) in [4.78, 5) is 33.1. The molecule has 0 aliphatic heterocycles. The molecule has 0 atom stereocenters. The molecule has 0 saturated heterocycles. The molecule has 2 heterocycles. The lowest BCUT2D eigenvalue weighted by molar-refractivity contribution is -0.113. The summed E-state index contributed by atoms with van der Waals surface area (Å²) in [7, 11) is -3.65. The van der Waals surface area contributed by atoms with Gasteiger partial charge in [-0.2, -0.15) is 4.31 Å². The van der Waals surface area contributed by atoms with Crippen LogP contribution in [0.4, 0.5) is 5.69 Å². The van der Waals surface area contributed by atoms with E-state index in [1.165, 1.54) is 27.0 Å². The van der Waals surface area contributed by atoms with E-state index in [2.05, 4.69) is 5.32 Å². The molecular weight excluding hydrogens is 517 g/mol. The Morgan fingerprint density at radius 1 is 1.22 bits per heavy atom. The number of hydrogen-bond acceptors (Lipinski definition) is 7. The number of benzene rings is 1. The highest BCUT2D eigenvalue weighted by Gasteiger charge is 2.25. The summed E-state index contributed by atoms with van der Waals surface area (Å²) in [5.74, 6) is -0.236. The van der Waals surface area contributed by atoms with Crippen LogP contribution in [0.3, 0.4) is 0 Å². The Bertz CT molecular complexity index is 1460. The number of hydrogen-bond donors (Lipinski definition) is 1. The molecule has 1 N–H and O–H groups in total. The van der Waals surface area contributed by atoms with E-state index in [0.29, 0.717) is 36.0 Å². The number of nitrogens with zero attached hydrogens (tertiary/aromatic N) is 3. The first-order chi connectivity index (χ1) is 17.2. The quantitative estimate of drug-likeness (QED) is 0.297. The van der Waals surface area contributed by atoms with Gasteiger partial charge in [-0.3, -0.25) is 14.2 Å². The number of aryl methyl sites for hydroxylation is 3. The number of amides is 1. The minimum atomic E-state index is -3.65. The lowest BCUT2D eigenvalue weighted by Crippen LogP contribution is -2.31. The molecule has 0 radical (unpaired) electrons. The van der Waals surface area contributed by atoms with E-state index in [4.69, 9.17) is 4.98 Å². The molecule has 4 rings (SSSR count). The smallest absolute Gasteiger partial charge is 0.263 e. The molecule has 0 unspecified atom stereocenters. The normalized spacial score (nSPS) is 13.5. The SMILES string of the molecule is CCCn1c(SCC(=O)Nc2ccc(C)c(S(=O)(=O)N(CC)CC)c2)nc2sc3c(c2c1=O)CCC3. The van der Waals surface area contributed by atoms with Crippen molar-refractivity contribution in [1.29, 1.82) is 0 Å². The van der Waals surface area contributed by atoms with Crippen LogP contribution in [0.15, 0.2) is 33.0 Å². The Kier molecular flexibility index (Phi) is 8.23. The van der Waals surface area contributed by atoms with E-state index in [0.717, 1.165) is 41.5 Å². The monoisotopic (exact) mass is 548 g/mol. The maximum atomic E-state index is 13.3. The lowest BCUT2D eigenvalue weighted by Gasteiger charge is -2.20. The summed E-state index contributed by atoms with van der Waals surface area (Å²) in [6, 6.07) is 4.91. The number of anilines is 1. The molecule has 3 aromatic rings. The van der Waals surface area contributed by atoms with Crippen molar-refractivity contribution in [2.45, 2.75) is 70.0 Å². The van der Waals surface area contributed by atoms with Gasteiger partial charge in [0.25, 0.3) is 5.56 Å². The van der Waals surface area contributed by atoms with Crippen molar-refractivity contribution >= 4 is 54.9 Å². The molecule has 194 valence electrons. The number of rotatable bonds is 10. The van der Waals surface area contributed by atoms with E-state index in [1.54, 1.807) is 48.8 Å². The molecule has 36 heavy (non-hydrogen) atoms. The van der Waals surface area contributed by atoms with Gasteiger partial charge in [0.1, 0.15) is 4.83 Å². The Balaban J connectivity index is 1.54. The molecule has 0 bridgehead atoms. The Hall–Kier alpha value is -2.21. The zero-order valence-electron chi connectivity index (χ0n) is 21.1. The minimum Gasteiger partial charge on any atom is -0.325 e. The van der Waals surface area contributed by atoms with Crippen LogP contribution in [0.25, 0.3) is 10.2 Å². The predicted molar refractivity (Wildman–Crippen MR) is 147 cm³/mol. The third-order valence-electron chi connectivity index (χ3n) is 6.36. The van der Waals surface area contributed by atoms with Gasteiger partial charge in [0.05, 0.1) is 16.0 Å². The zero-order chi connectivity index (χ0) is 26.0. The summed E-state index contributed by atoms with van der Waals surface area (Å²) in [6.07, 6.45) is 3.79. The van der Waals surface area contributed by atoms with Crippen LogP contribution in [-0.4, -0.2) is 47.0 Å². The second kappa shape index (κ2) is 11.0. The average Bonchev–Trinajstić information content (AvgIpc) is 3.42. The van der Waals surface area contributed by atoms with Crippen LogP contribution in [0.5, 0.6) is 0 Å². The minimum absolute atomic E-state index is 0.0195. The van der Waals surface area contributed by atoms with Crippen molar-refractivity contribution in [3.8, 4) is 0 Å². The molecule has 1 amide bonds. The molecule has 0 saturated carbocycles. The highest BCUT2D eigenvalue weighted by Crippen LogP contribution is 2.35. The first-order valence-electron chi connectivity index (χ1n) is 12.3. The summed E-state index contributed by atoms with van der Waals surface area (Å²) < 4.78 is 29.1. The van der Waals surface area contributed by atoms with Crippen LogP contribution in [0, 0.1) is 6.92 Å². The summed E-state index contributed by atoms with van der Waals surface area (Å²) in [5, 5.41) is 4.09. The lowest BCUT2D eigenvalue weighted by atomic mass is 10.2. The number of fused-ring (bicyclic) bond motifs is 3. The predicted octanol–water partition coefficient (Wildman–Crippen LogP) is 4.43. The van der Waals surface area contributed by atoms with Crippen LogP contribution in [0.2, 0.25) is 0 Å². The van der Waals surface area contributed by atoms with Gasteiger partial charge in [0.2, 0.25) is 15.9 Å². The number of thiophene rings is 1. The van der Waals surface area contributed by atoms with E-state index < -0.39 is 10.0 Å². The fourth-order valence-corrected chi connectivity index (χ4v) is 8.41. The van der Waals surface area contributed by atoms with Gasteiger partial charge < -0.3 is 5.32 Å². The van der Waals surface area contributed by atoms with Gasteiger partial charge in [-0.05, 0) is 55.9 Å². The highest BCUT2D eigenvalue weighted by molar-refractivity contribution is 7.99. The van der Waals surface area contributed by atoms with Crippen molar-refractivity contribution in [1.82, 2.24) is 13.9 Å². The first-order valence-corrected chi connectivity index (χ1v) is 15.5. The maximum absolute atomic E-state index is 13.3. The Labute approximate surface area is 220 Å². The second-order valence-corrected chi connectivity index (χ2v) is 12.7. The maximum Gasteiger partial charge on any atom is 0.263 e. The van der Waals surface area contributed by atoms with Crippen molar-refractivity contribution in [2.24, 2.45) is 0 Å². The highest BCUT2D eigenvalue weighted by atomic mass is 32.2. The third kappa shape index (κ3) is 5.11. The Morgan fingerprint density at radius 2 is 1.97 bits per heavy atom. The molecule has 1 aliphatic rings. The second-order valence-electron chi connectivity index (χ2n) is 8.80. The standard InChI is InChI=1S/C25H32N4O4S3/c1-5-13-29-24(31)22-18-9-8-10-19(18)35-23(22)27-25(29)34-15-21(30)26-17-12-11-16(4)20(14-17)36(32,33)28(6-2)7-3/h11-12,14H,5-10,13,15H2,1-4H3,(H,26,30). The van der Waals surface area contributed by atoms with Gasteiger partial charge in [0, 0.05) is 30.2 Å². The average molecular weight is 549 g/mol. The van der Waals surface area contributed by atoms with Crippen molar-refractivity contribution in [3.63, 3.8) is 0 Å². The number of thioether (sulfide) groups is 1. The number of nitrogens with one attached hydrogen (secondary N) is 1. The van der Waals surface area contributed by atoms with Crippen molar-refractivity contribution < 1.29 is 13.2 Å². The Morgan fingerprint density at radius 3 is 2.67 bits per heavy atom. The summed E-state index contributed by atoms with van der Waals surface area (Å²) in [5.41, 5.74) is 2.18. The summed E-state index contributed by atoms with van der Waals surface area (Å²) >= 11 is 2.82. The molecule has 1 aromatic carbocycles. The van der Waals surface area contributed by atoms with Gasteiger partial charge in [-0.15, -0.1) is 11.3 Å². The summed E-state index contributed by atoms with van der Waals surface area (Å²) in [6.45, 7) is 8.63. The number of sulfonamides is 1. The van der Waals surface area contributed by atoms with Gasteiger partial charge in [0.15, 0.2) is 5.16 Å². The molecule has 0 spiro atoms. The fourth-order valence-electron chi connectivity index (χ4n) is 4.57.